The summed E-state index contributed by atoms with van der Waals surface area (Å²) in [5, 5.41) is 12.3. The van der Waals surface area contributed by atoms with Gasteiger partial charge < -0.3 is 10.4 Å². The summed E-state index contributed by atoms with van der Waals surface area (Å²) >= 11 is 0. The second-order valence-electron chi connectivity index (χ2n) is 4.06. The minimum absolute atomic E-state index is 0.148. The lowest BCUT2D eigenvalue weighted by atomic mass is 10.0. The van der Waals surface area contributed by atoms with E-state index < -0.39 is 0 Å². The molecule has 0 radical (unpaired) electrons. The number of hydrogen-bond acceptors (Lipinski definition) is 4. The van der Waals surface area contributed by atoms with Crippen LogP contribution in [0.2, 0.25) is 0 Å². The first kappa shape index (κ1) is 12.5. The molecule has 0 bridgehead atoms. The zero-order chi connectivity index (χ0) is 12.6. The number of aliphatic hydroxyl groups excluding tert-OH is 1. The Balaban J connectivity index is 2.10. The molecule has 2 rings (SSSR count). The highest BCUT2D eigenvalue weighted by atomic mass is 16.2. The van der Waals surface area contributed by atoms with E-state index in [4.69, 9.17) is 5.11 Å². The van der Waals surface area contributed by atoms with E-state index in [-0.39, 0.29) is 12.6 Å². The third kappa shape index (κ3) is 3.53. The maximum absolute atomic E-state index is 8.97. The second-order valence-corrected chi connectivity index (χ2v) is 4.06. The molecule has 0 fully saturated rings. The van der Waals surface area contributed by atoms with Crippen molar-refractivity contribution in [3.05, 3.63) is 54.5 Å². The molecule has 1 atom stereocenters. The maximum atomic E-state index is 8.97. The predicted octanol–water partition coefficient (Wildman–Crippen LogP) is 2.40. The lowest BCUT2D eigenvalue weighted by molar-refractivity contribution is 0.281. The molecular formula is C14H17N3O. The first-order chi connectivity index (χ1) is 8.90. The van der Waals surface area contributed by atoms with Gasteiger partial charge in [0.05, 0.1) is 12.2 Å². The summed E-state index contributed by atoms with van der Waals surface area (Å²) in [6.07, 6.45) is 6.63. The van der Waals surface area contributed by atoms with Crippen molar-refractivity contribution >= 4 is 5.82 Å². The molecule has 1 aromatic carbocycles. The van der Waals surface area contributed by atoms with Crippen LogP contribution in [-0.4, -0.2) is 21.7 Å². The van der Waals surface area contributed by atoms with Crippen LogP contribution in [0.25, 0.3) is 0 Å². The van der Waals surface area contributed by atoms with Gasteiger partial charge in [-0.2, -0.15) is 0 Å². The van der Waals surface area contributed by atoms with E-state index in [1.807, 2.05) is 18.2 Å². The highest BCUT2D eigenvalue weighted by Crippen LogP contribution is 2.22. The summed E-state index contributed by atoms with van der Waals surface area (Å²) in [6, 6.07) is 10.3. The van der Waals surface area contributed by atoms with Crippen LogP contribution >= 0.6 is 0 Å². The molecule has 2 aromatic rings. The fourth-order valence-electron chi connectivity index (χ4n) is 1.86. The maximum Gasteiger partial charge on any atom is 0.144 e. The van der Waals surface area contributed by atoms with Crippen molar-refractivity contribution in [1.29, 1.82) is 0 Å². The number of nitrogens with zero attached hydrogens (tertiary/aromatic N) is 2. The van der Waals surface area contributed by atoms with E-state index >= 15 is 0 Å². The van der Waals surface area contributed by atoms with E-state index in [1.54, 1.807) is 18.6 Å². The van der Waals surface area contributed by atoms with Crippen LogP contribution in [0.5, 0.6) is 0 Å². The van der Waals surface area contributed by atoms with Crippen LogP contribution in [0.15, 0.2) is 48.9 Å². The van der Waals surface area contributed by atoms with Crippen molar-refractivity contribution in [2.24, 2.45) is 0 Å². The second kappa shape index (κ2) is 6.71. The molecule has 0 aliphatic carbocycles. The molecule has 0 spiro atoms. The summed E-state index contributed by atoms with van der Waals surface area (Å²) in [6.45, 7) is 0.200. The molecule has 0 amide bonds. The van der Waals surface area contributed by atoms with Gasteiger partial charge in [0.15, 0.2) is 0 Å². The van der Waals surface area contributed by atoms with E-state index in [0.29, 0.717) is 0 Å². The molecule has 0 aliphatic heterocycles. The molecule has 18 heavy (non-hydrogen) atoms. The summed E-state index contributed by atoms with van der Waals surface area (Å²) < 4.78 is 0. The fraction of sp³-hybridized carbons (Fsp3) is 0.286. The monoisotopic (exact) mass is 243 g/mol. The van der Waals surface area contributed by atoms with Crippen molar-refractivity contribution < 1.29 is 5.11 Å². The summed E-state index contributed by atoms with van der Waals surface area (Å²) in [5.74, 6) is 0.754. The van der Waals surface area contributed by atoms with Gasteiger partial charge in [-0.05, 0) is 18.4 Å². The van der Waals surface area contributed by atoms with Gasteiger partial charge in [-0.25, -0.2) is 4.98 Å². The molecule has 1 aromatic heterocycles. The number of nitrogens with one attached hydrogen (secondary N) is 1. The molecule has 0 saturated heterocycles. The van der Waals surface area contributed by atoms with Gasteiger partial charge >= 0.3 is 0 Å². The lowest BCUT2D eigenvalue weighted by Gasteiger charge is -2.19. The Morgan fingerprint density at radius 3 is 2.67 bits per heavy atom. The third-order valence-electron chi connectivity index (χ3n) is 2.74. The van der Waals surface area contributed by atoms with Gasteiger partial charge in [-0.3, -0.25) is 4.98 Å². The van der Waals surface area contributed by atoms with Gasteiger partial charge in [0, 0.05) is 19.0 Å². The largest absolute Gasteiger partial charge is 0.396 e. The van der Waals surface area contributed by atoms with Crippen molar-refractivity contribution in [3.63, 3.8) is 0 Å². The minimum Gasteiger partial charge on any atom is -0.396 e. The number of rotatable bonds is 6. The molecule has 4 heteroatoms. The summed E-state index contributed by atoms with van der Waals surface area (Å²) in [4.78, 5) is 8.25. The highest BCUT2D eigenvalue weighted by molar-refractivity contribution is 5.35. The van der Waals surface area contributed by atoms with Crippen LogP contribution < -0.4 is 5.32 Å². The molecule has 1 unspecified atom stereocenters. The van der Waals surface area contributed by atoms with Crippen LogP contribution in [0.3, 0.4) is 0 Å². The summed E-state index contributed by atoms with van der Waals surface area (Å²) in [5.41, 5.74) is 1.19. The SMILES string of the molecule is OCCCC(Nc1cnccn1)c1ccccc1. The third-order valence-corrected chi connectivity index (χ3v) is 2.74. The van der Waals surface area contributed by atoms with Crippen molar-refractivity contribution in [2.45, 2.75) is 18.9 Å². The normalized spacial score (nSPS) is 12.1. The van der Waals surface area contributed by atoms with Crippen molar-refractivity contribution in [1.82, 2.24) is 9.97 Å². The molecule has 4 nitrogen and oxygen atoms in total. The van der Waals surface area contributed by atoms with Crippen molar-refractivity contribution in [2.75, 3.05) is 11.9 Å². The van der Waals surface area contributed by atoms with Gasteiger partial charge in [-0.15, -0.1) is 0 Å². The standard InChI is InChI=1S/C14H17N3O/c18-10-4-7-13(12-5-2-1-3-6-12)17-14-11-15-8-9-16-14/h1-3,5-6,8-9,11,13,18H,4,7,10H2,(H,16,17). The molecule has 94 valence electrons. The van der Waals surface area contributed by atoms with Gasteiger partial charge in [-0.1, -0.05) is 30.3 Å². The first-order valence-corrected chi connectivity index (χ1v) is 6.08. The zero-order valence-electron chi connectivity index (χ0n) is 10.2. The zero-order valence-corrected chi connectivity index (χ0v) is 10.2. The quantitative estimate of drug-likeness (QED) is 0.818. The van der Waals surface area contributed by atoms with Crippen LogP contribution in [-0.2, 0) is 0 Å². The van der Waals surface area contributed by atoms with E-state index in [2.05, 4.69) is 27.4 Å². The molecule has 2 N–H and O–H groups in total. The first-order valence-electron chi connectivity index (χ1n) is 6.08. The number of aliphatic hydroxyl groups is 1. The van der Waals surface area contributed by atoms with Crippen LogP contribution in [0.1, 0.15) is 24.4 Å². The Bertz CT molecular complexity index is 447. The Morgan fingerprint density at radius 1 is 1.17 bits per heavy atom. The Labute approximate surface area is 107 Å². The smallest absolute Gasteiger partial charge is 0.144 e. The molecule has 0 saturated carbocycles. The number of anilines is 1. The fourth-order valence-corrected chi connectivity index (χ4v) is 1.86. The van der Waals surface area contributed by atoms with Gasteiger partial charge in [0.25, 0.3) is 0 Å². The predicted molar refractivity (Wildman–Crippen MR) is 71.2 cm³/mol. The number of aromatic nitrogens is 2. The topological polar surface area (TPSA) is 58.0 Å². The van der Waals surface area contributed by atoms with Gasteiger partial charge in [0.1, 0.15) is 5.82 Å². The molecule has 0 aliphatic rings. The van der Waals surface area contributed by atoms with E-state index in [0.717, 1.165) is 18.7 Å². The van der Waals surface area contributed by atoms with E-state index in [9.17, 15) is 0 Å². The summed E-state index contributed by atoms with van der Waals surface area (Å²) in [7, 11) is 0. The lowest BCUT2D eigenvalue weighted by Crippen LogP contribution is -2.12. The minimum atomic E-state index is 0.148. The van der Waals surface area contributed by atoms with E-state index in [1.165, 1.54) is 5.56 Å². The van der Waals surface area contributed by atoms with Crippen LogP contribution in [0, 0.1) is 0 Å². The number of benzene rings is 1. The number of hydrogen-bond donors (Lipinski definition) is 2. The van der Waals surface area contributed by atoms with Crippen LogP contribution in [0.4, 0.5) is 5.82 Å². The molecule has 1 heterocycles. The Morgan fingerprint density at radius 2 is 2.00 bits per heavy atom. The highest BCUT2D eigenvalue weighted by Gasteiger charge is 2.11. The Hall–Kier alpha value is -1.94. The molecular weight excluding hydrogens is 226 g/mol. The average Bonchev–Trinajstić information content (AvgIpc) is 2.45. The Kier molecular flexibility index (Phi) is 4.67. The van der Waals surface area contributed by atoms with Crippen molar-refractivity contribution in [3.8, 4) is 0 Å². The van der Waals surface area contributed by atoms with Gasteiger partial charge in [0.2, 0.25) is 0 Å². The average molecular weight is 243 g/mol.